The molecule has 3 rings (SSSR count). The van der Waals surface area contributed by atoms with Crippen LogP contribution in [0.2, 0.25) is 0 Å². The molecule has 0 unspecified atom stereocenters. The fraction of sp³-hybridized carbons (Fsp3) is 0.300. The van der Waals surface area contributed by atoms with E-state index < -0.39 is 22.6 Å². The number of carbonyl (C=O) groups is 2. The van der Waals surface area contributed by atoms with Crippen molar-refractivity contribution in [2.24, 2.45) is 0 Å². The lowest BCUT2D eigenvalue weighted by atomic mass is 10.1. The highest BCUT2D eigenvalue weighted by Gasteiger charge is 2.27. The van der Waals surface area contributed by atoms with Crippen molar-refractivity contribution in [3.05, 3.63) is 58.7 Å². The molecule has 0 radical (unpaired) electrons. The fourth-order valence-corrected chi connectivity index (χ4v) is 4.09. The standard InChI is InChI=1S/C20H21NO6S/c1-13-4-5-16(11-19(13)26-2)20(23)27-12-18(22)15-6-7-17-14(10-15)8-9-21(17)28(3,24)25/h4-7,10-11H,8-9,12H2,1-3H3. The Bertz CT molecular complexity index is 1040. The van der Waals surface area contributed by atoms with Crippen molar-refractivity contribution in [1.29, 1.82) is 0 Å². The summed E-state index contributed by atoms with van der Waals surface area (Å²) in [5, 5.41) is 0. The largest absolute Gasteiger partial charge is 0.496 e. The maximum absolute atomic E-state index is 12.4. The molecule has 0 fully saturated rings. The molecular formula is C20H21NO6S. The van der Waals surface area contributed by atoms with Crippen LogP contribution in [0.3, 0.4) is 0 Å². The van der Waals surface area contributed by atoms with Crippen LogP contribution in [-0.4, -0.2) is 46.7 Å². The summed E-state index contributed by atoms with van der Waals surface area (Å²) in [6.45, 7) is 1.82. The highest BCUT2D eigenvalue weighted by atomic mass is 32.2. The Labute approximate surface area is 163 Å². The van der Waals surface area contributed by atoms with Crippen LogP contribution in [0.25, 0.3) is 0 Å². The number of sulfonamides is 1. The number of fused-ring (bicyclic) bond motifs is 1. The van der Waals surface area contributed by atoms with Gasteiger partial charge in [0.2, 0.25) is 10.0 Å². The quantitative estimate of drug-likeness (QED) is 0.543. The number of aryl methyl sites for hydroxylation is 1. The van der Waals surface area contributed by atoms with Crippen LogP contribution in [0.15, 0.2) is 36.4 Å². The van der Waals surface area contributed by atoms with Crippen LogP contribution < -0.4 is 9.04 Å². The minimum atomic E-state index is -3.34. The van der Waals surface area contributed by atoms with Crippen molar-refractivity contribution in [3.63, 3.8) is 0 Å². The monoisotopic (exact) mass is 403 g/mol. The first-order valence-electron chi connectivity index (χ1n) is 8.66. The Morgan fingerprint density at radius 1 is 1.11 bits per heavy atom. The molecular weight excluding hydrogens is 382 g/mol. The highest BCUT2D eigenvalue weighted by Crippen LogP contribution is 2.30. The van der Waals surface area contributed by atoms with Gasteiger partial charge in [-0.25, -0.2) is 13.2 Å². The Morgan fingerprint density at radius 2 is 1.82 bits per heavy atom. The molecule has 8 heteroatoms. The SMILES string of the molecule is COc1cc(C(=O)OCC(=O)c2ccc3c(c2)CCN3S(C)(=O)=O)ccc1C. The van der Waals surface area contributed by atoms with Gasteiger partial charge in [-0.05, 0) is 54.8 Å². The molecule has 0 amide bonds. The Kier molecular flexibility index (Phi) is 5.42. The fourth-order valence-electron chi connectivity index (χ4n) is 3.13. The second kappa shape index (κ2) is 7.63. The smallest absolute Gasteiger partial charge is 0.338 e. The number of methoxy groups -OCH3 is 1. The van der Waals surface area contributed by atoms with E-state index in [0.29, 0.717) is 35.5 Å². The summed E-state index contributed by atoms with van der Waals surface area (Å²) >= 11 is 0. The molecule has 28 heavy (non-hydrogen) atoms. The van der Waals surface area contributed by atoms with E-state index in [9.17, 15) is 18.0 Å². The van der Waals surface area contributed by atoms with Gasteiger partial charge >= 0.3 is 5.97 Å². The van der Waals surface area contributed by atoms with Crippen molar-refractivity contribution >= 4 is 27.5 Å². The molecule has 1 heterocycles. The average molecular weight is 403 g/mol. The van der Waals surface area contributed by atoms with Crippen LogP contribution >= 0.6 is 0 Å². The van der Waals surface area contributed by atoms with Gasteiger partial charge in [0.15, 0.2) is 12.4 Å². The number of ketones is 1. The van der Waals surface area contributed by atoms with Gasteiger partial charge in [-0.3, -0.25) is 9.10 Å². The molecule has 148 valence electrons. The molecule has 1 aliphatic rings. The number of anilines is 1. The van der Waals surface area contributed by atoms with Crippen molar-refractivity contribution in [2.45, 2.75) is 13.3 Å². The minimum absolute atomic E-state index is 0.299. The number of rotatable bonds is 6. The van der Waals surface area contributed by atoms with Gasteiger partial charge in [-0.2, -0.15) is 0 Å². The third kappa shape index (κ3) is 4.01. The summed E-state index contributed by atoms with van der Waals surface area (Å²) in [6, 6.07) is 9.74. The molecule has 2 aromatic rings. The van der Waals surface area contributed by atoms with Gasteiger partial charge in [-0.1, -0.05) is 6.07 Å². The van der Waals surface area contributed by atoms with Crippen molar-refractivity contribution in [2.75, 3.05) is 30.8 Å². The molecule has 0 aliphatic carbocycles. The van der Waals surface area contributed by atoms with Crippen LogP contribution in [0.4, 0.5) is 5.69 Å². The van der Waals surface area contributed by atoms with Gasteiger partial charge in [0.1, 0.15) is 5.75 Å². The summed E-state index contributed by atoms with van der Waals surface area (Å²) in [5.74, 6) is -0.404. The number of hydrogen-bond acceptors (Lipinski definition) is 6. The lowest BCUT2D eigenvalue weighted by Crippen LogP contribution is -2.27. The number of ether oxygens (including phenoxy) is 2. The average Bonchev–Trinajstić information content (AvgIpc) is 3.09. The number of carbonyl (C=O) groups excluding carboxylic acids is 2. The molecule has 7 nitrogen and oxygen atoms in total. The topological polar surface area (TPSA) is 90.0 Å². The third-order valence-electron chi connectivity index (χ3n) is 4.63. The Balaban J connectivity index is 1.68. The molecule has 0 saturated heterocycles. The van der Waals surface area contributed by atoms with E-state index >= 15 is 0 Å². The van der Waals surface area contributed by atoms with Crippen LogP contribution in [0, 0.1) is 6.92 Å². The summed E-state index contributed by atoms with van der Waals surface area (Å²) in [7, 11) is -1.83. The first-order valence-corrected chi connectivity index (χ1v) is 10.5. The summed E-state index contributed by atoms with van der Waals surface area (Å²) in [5.41, 5.74) is 2.93. The number of esters is 1. The Hall–Kier alpha value is -2.87. The maximum atomic E-state index is 12.4. The minimum Gasteiger partial charge on any atom is -0.496 e. The molecule has 0 saturated carbocycles. The second-order valence-corrected chi connectivity index (χ2v) is 8.52. The molecule has 0 atom stereocenters. The van der Waals surface area contributed by atoms with Gasteiger partial charge in [0.25, 0.3) is 0 Å². The van der Waals surface area contributed by atoms with Crippen molar-refractivity contribution < 1.29 is 27.5 Å². The van der Waals surface area contributed by atoms with E-state index in [4.69, 9.17) is 9.47 Å². The summed E-state index contributed by atoms with van der Waals surface area (Å²) in [6.07, 6.45) is 1.69. The molecule has 0 bridgehead atoms. The molecule has 1 aliphatic heterocycles. The van der Waals surface area contributed by atoms with Crippen LogP contribution in [0.1, 0.15) is 31.8 Å². The first-order chi connectivity index (χ1) is 13.2. The number of nitrogens with zero attached hydrogens (tertiary/aromatic N) is 1. The lowest BCUT2D eigenvalue weighted by Gasteiger charge is -2.16. The van der Waals surface area contributed by atoms with Gasteiger partial charge in [0.05, 0.1) is 24.6 Å². The van der Waals surface area contributed by atoms with Gasteiger partial charge in [-0.15, -0.1) is 0 Å². The van der Waals surface area contributed by atoms with E-state index in [1.807, 2.05) is 6.92 Å². The molecule has 0 spiro atoms. The van der Waals surface area contributed by atoms with Crippen LogP contribution in [-0.2, 0) is 21.2 Å². The predicted octanol–water partition coefficient (Wildman–Crippen LogP) is 2.37. The zero-order valence-electron chi connectivity index (χ0n) is 15.9. The highest BCUT2D eigenvalue weighted by molar-refractivity contribution is 7.92. The summed E-state index contributed by atoms with van der Waals surface area (Å²) in [4.78, 5) is 24.6. The van der Waals surface area contributed by atoms with E-state index in [2.05, 4.69) is 0 Å². The van der Waals surface area contributed by atoms with E-state index in [1.165, 1.54) is 11.4 Å². The van der Waals surface area contributed by atoms with E-state index in [-0.39, 0.29) is 5.78 Å². The number of hydrogen-bond donors (Lipinski definition) is 0. The first kappa shape index (κ1) is 19.9. The van der Waals surface area contributed by atoms with Gasteiger partial charge < -0.3 is 9.47 Å². The number of benzene rings is 2. The van der Waals surface area contributed by atoms with Crippen molar-refractivity contribution in [1.82, 2.24) is 0 Å². The van der Waals surface area contributed by atoms with Crippen molar-refractivity contribution in [3.8, 4) is 5.75 Å². The molecule has 0 aromatic heterocycles. The molecule has 0 N–H and O–H groups in total. The molecule has 2 aromatic carbocycles. The van der Waals surface area contributed by atoms with Gasteiger partial charge in [0, 0.05) is 12.1 Å². The van der Waals surface area contributed by atoms with E-state index in [0.717, 1.165) is 17.4 Å². The van der Waals surface area contributed by atoms with Crippen LogP contribution in [0.5, 0.6) is 5.75 Å². The normalized spacial score (nSPS) is 13.2. The number of Topliss-reactive ketones (excluding diaryl/α,β-unsaturated/α-hetero) is 1. The second-order valence-electron chi connectivity index (χ2n) is 6.61. The summed E-state index contributed by atoms with van der Waals surface area (Å²) < 4.78 is 35.2. The zero-order valence-corrected chi connectivity index (χ0v) is 16.7. The Morgan fingerprint density at radius 3 is 2.50 bits per heavy atom. The van der Waals surface area contributed by atoms with E-state index in [1.54, 1.807) is 36.4 Å². The lowest BCUT2D eigenvalue weighted by molar-refractivity contribution is 0.0474. The maximum Gasteiger partial charge on any atom is 0.338 e. The predicted molar refractivity (Wildman–Crippen MR) is 105 cm³/mol. The zero-order chi connectivity index (χ0) is 20.5. The third-order valence-corrected chi connectivity index (χ3v) is 5.81.